The van der Waals surface area contributed by atoms with Gasteiger partial charge >= 0.3 is 6.18 Å². The molecule has 0 N–H and O–H groups in total. The lowest BCUT2D eigenvalue weighted by molar-refractivity contribution is -0.139. The van der Waals surface area contributed by atoms with E-state index < -0.39 is 11.7 Å². The van der Waals surface area contributed by atoms with Gasteiger partial charge < -0.3 is 9.64 Å². The highest BCUT2D eigenvalue weighted by molar-refractivity contribution is 5.35. The van der Waals surface area contributed by atoms with E-state index in [2.05, 4.69) is 17.0 Å². The largest absolute Gasteiger partial charge is 0.490 e. The second-order valence-corrected chi connectivity index (χ2v) is 6.53. The van der Waals surface area contributed by atoms with Crippen molar-refractivity contribution in [3.05, 3.63) is 65.7 Å². The smallest absolute Gasteiger partial charge is 0.419 e. The van der Waals surface area contributed by atoms with Gasteiger partial charge in [0.15, 0.2) is 0 Å². The standard InChI is InChI=1S/C21H26F3NO/c1-3-9-18(14-15-25(2)16-17-10-5-4-6-11-17)26-20-13-8-7-12-19(20)21(22,23)24/h4-8,10-13,18H,3,9,14-16H2,1-2H3. The molecule has 5 heteroatoms. The van der Waals surface area contributed by atoms with Crippen LogP contribution >= 0.6 is 0 Å². The van der Waals surface area contributed by atoms with Crippen molar-refractivity contribution in [1.82, 2.24) is 4.90 Å². The van der Waals surface area contributed by atoms with Crippen molar-refractivity contribution in [1.29, 1.82) is 0 Å². The highest BCUT2D eigenvalue weighted by atomic mass is 19.4. The lowest BCUT2D eigenvalue weighted by Gasteiger charge is -2.24. The zero-order valence-corrected chi connectivity index (χ0v) is 15.3. The number of para-hydroxylation sites is 1. The Morgan fingerprint density at radius 1 is 0.962 bits per heavy atom. The predicted octanol–water partition coefficient (Wildman–Crippen LogP) is 5.78. The third kappa shape index (κ3) is 6.37. The number of halogens is 3. The number of alkyl halides is 3. The third-order valence-corrected chi connectivity index (χ3v) is 4.22. The van der Waals surface area contributed by atoms with Crippen molar-refractivity contribution >= 4 is 0 Å². The van der Waals surface area contributed by atoms with E-state index in [4.69, 9.17) is 4.74 Å². The molecule has 142 valence electrons. The topological polar surface area (TPSA) is 12.5 Å². The first-order chi connectivity index (χ1) is 12.4. The van der Waals surface area contributed by atoms with Gasteiger partial charge in [0.1, 0.15) is 5.75 Å². The molecule has 0 saturated heterocycles. The van der Waals surface area contributed by atoms with Crippen molar-refractivity contribution < 1.29 is 17.9 Å². The summed E-state index contributed by atoms with van der Waals surface area (Å²) in [7, 11) is 2.01. The van der Waals surface area contributed by atoms with Gasteiger partial charge in [-0.15, -0.1) is 0 Å². The van der Waals surface area contributed by atoms with Gasteiger partial charge in [0, 0.05) is 13.1 Å². The molecule has 0 heterocycles. The van der Waals surface area contributed by atoms with Crippen LogP contribution in [0, 0.1) is 0 Å². The minimum absolute atomic E-state index is 0.0795. The molecule has 0 aliphatic carbocycles. The van der Waals surface area contributed by atoms with Gasteiger partial charge in [-0.2, -0.15) is 13.2 Å². The van der Waals surface area contributed by atoms with Gasteiger partial charge in [0.2, 0.25) is 0 Å². The van der Waals surface area contributed by atoms with E-state index in [0.717, 1.165) is 32.0 Å². The minimum atomic E-state index is -4.41. The fraction of sp³-hybridized carbons (Fsp3) is 0.429. The van der Waals surface area contributed by atoms with E-state index in [-0.39, 0.29) is 11.9 Å². The van der Waals surface area contributed by atoms with Crippen LogP contribution < -0.4 is 4.74 Å². The van der Waals surface area contributed by atoms with E-state index >= 15 is 0 Å². The second-order valence-electron chi connectivity index (χ2n) is 6.53. The Hall–Kier alpha value is -2.01. The maximum atomic E-state index is 13.2. The number of hydrogen-bond donors (Lipinski definition) is 0. The molecule has 2 rings (SSSR count). The Morgan fingerprint density at radius 3 is 2.27 bits per heavy atom. The van der Waals surface area contributed by atoms with Gasteiger partial charge in [-0.1, -0.05) is 55.8 Å². The fourth-order valence-corrected chi connectivity index (χ4v) is 2.91. The molecule has 2 nitrogen and oxygen atoms in total. The van der Waals surface area contributed by atoms with Gasteiger partial charge in [-0.25, -0.2) is 0 Å². The van der Waals surface area contributed by atoms with Crippen LogP contribution in [0.3, 0.4) is 0 Å². The van der Waals surface area contributed by atoms with Crippen molar-refractivity contribution in [2.75, 3.05) is 13.6 Å². The lowest BCUT2D eigenvalue weighted by Crippen LogP contribution is -2.26. The number of nitrogens with zero attached hydrogens (tertiary/aromatic N) is 1. The zero-order chi connectivity index (χ0) is 19.0. The summed E-state index contributed by atoms with van der Waals surface area (Å²) in [5.74, 6) is -0.0795. The number of hydrogen-bond acceptors (Lipinski definition) is 2. The molecule has 26 heavy (non-hydrogen) atoms. The molecule has 1 atom stereocenters. The molecule has 0 aliphatic rings. The predicted molar refractivity (Wildman–Crippen MR) is 98.2 cm³/mol. The average Bonchev–Trinajstić information content (AvgIpc) is 2.60. The molecule has 0 aliphatic heterocycles. The fourth-order valence-electron chi connectivity index (χ4n) is 2.91. The zero-order valence-electron chi connectivity index (χ0n) is 15.3. The van der Waals surface area contributed by atoms with Crippen LogP contribution in [0.2, 0.25) is 0 Å². The van der Waals surface area contributed by atoms with Gasteiger partial charge in [-0.3, -0.25) is 0 Å². The molecule has 0 aromatic heterocycles. The van der Waals surface area contributed by atoms with Crippen molar-refractivity contribution in [3.63, 3.8) is 0 Å². The molecular weight excluding hydrogens is 339 g/mol. The Bertz CT molecular complexity index is 658. The monoisotopic (exact) mass is 365 g/mol. The summed E-state index contributed by atoms with van der Waals surface area (Å²) in [5.41, 5.74) is 0.504. The van der Waals surface area contributed by atoms with Crippen LogP contribution in [0.5, 0.6) is 5.75 Å². The van der Waals surface area contributed by atoms with Crippen molar-refractivity contribution in [2.24, 2.45) is 0 Å². The molecule has 0 fully saturated rings. The quantitative estimate of drug-likeness (QED) is 0.559. The van der Waals surface area contributed by atoms with E-state index in [1.807, 2.05) is 32.2 Å². The van der Waals surface area contributed by atoms with Gasteiger partial charge in [-0.05, 0) is 37.6 Å². The first-order valence-electron chi connectivity index (χ1n) is 8.95. The Labute approximate surface area is 153 Å². The summed E-state index contributed by atoms with van der Waals surface area (Å²) in [4.78, 5) is 2.16. The maximum Gasteiger partial charge on any atom is 0.419 e. The molecule has 0 amide bonds. The maximum absolute atomic E-state index is 13.2. The average molecular weight is 365 g/mol. The molecule has 0 radical (unpaired) electrons. The van der Waals surface area contributed by atoms with E-state index in [9.17, 15) is 13.2 Å². The Balaban J connectivity index is 1.97. The Kier molecular flexibility index (Phi) is 7.51. The molecule has 0 saturated carbocycles. The normalized spacial score (nSPS) is 13.0. The van der Waals surface area contributed by atoms with Crippen LogP contribution in [0.4, 0.5) is 13.2 Å². The molecule has 2 aromatic carbocycles. The van der Waals surface area contributed by atoms with Crippen molar-refractivity contribution in [3.8, 4) is 5.75 Å². The molecule has 2 aromatic rings. The number of ether oxygens (including phenoxy) is 1. The van der Waals surface area contributed by atoms with E-state index in [0.29, 0.717) is 6.42 Å². The summed E-state index contributed by atoms with van der Waals surface area (Å²) < 4.78 is 45.2. The number of rotatable bonds is 9. The molecule has 1 unspecified atom stereocenters. The van der Waals surface area contributed by atoms with Crippen LogP contribution in [0.1, 0.15) is 37.3 Å². The van der Waals surface area contributed by atoms with Gasteiger partial charge in [0.25, 0.3) is 0 Å². The SMILES string of the molecule is CCCC(CCN(C)Cc1ccccc1)Oc1ccccc1C(F)(F)F. The number of benzene rings is 2. The van der Waals surface area contributed by atoms with E-state index in [1.165, 1.54) is 17.7 Å². The third-order valence-electron chi connectivity index (χ3n) is 4.22. The first kappa shape index (κ1) is 20.3. The van der Waals surface area contributed by atoms with Crippen molar-refractivity contribution in [2.45, 2.75) is 45.0 Å². The summed E-state index contributed by atoms with van der Waals surface area (Å²) in [6.07, 6.45) is -2.37. The van der Waals surface area contributed by atoms with Crippen LogP contribution in [0.25, 0.3) is 0 Å². The van der Waals surface area contributed by atoms with Crippen LogP contribution in [-0.2, 0) is 12.7 Å². The molecule has 0 spiro atoms. The summed E-state index contributed by atoms with van der Waals surface area (Å²) in [5, 5.41) is 0. The molecule has 0 bridgehead atoms. The first-order valence-corrected chi connectivity index (χ1v) is 8.95. The summed E-state index contributed by atoms with van der Waals surface area (Å²) in [6.45, 7) is 3.58. The highest BCUT2D eigenvalue weighted by Crippen LogP contribution is 2.36. The van der Waals surface area contributed by atoms with Gasteiger partial charge in [0.05, 0.1) is 11.7 Å². The minimum Gasteiger partial charge on any atom is -0.490 e. The lowest BCUT2D eigenvalue weighted by atomic mass is 10.1. The summed E-state index contributed by atoms with van der Waals surface area (Å²) >= 11 is 0. The Morgan fingerprint density at radius 2 is 1.62 bits per heavy atom. The summed E-state index contributed by atoms with van der Waals surface area (Å²) in [6, 6.07) is 15.5. The molecular formula is C21H26F3NO. The highest BCUT2D eigenvalue weighted by Gasteiger charge is 2.34. The van der Waals surface area contributed by atoms with Crippen LogP contribution in [-0.4, -0.2) is 24.6 Å². The van der Waals surface area contributed by atoms with Crippen LogP contribution in [0.15, 0.2) is 54.6 Å². The van der Waals surface area contributed by atoms with E-state index in [1.54, 1.807) is 6.07 Å². The second kappa shape index (κ2) is 9.62.